The van der Waals surface area contributed by atoms with Gasteiger partial charge in [0.2, 0.25) is 0 Å². The molecule has 1 amide bonds. The average Bonchev–Trinajstić information content (AvgIpc) is 3.08. The van der Waals surface area contributed by atoms with E-state index in [0.29, 0.717) is 23.8 Å². The van der Waals surface area contributed by atoms with Gasteiger partial charge in [0.1, 0.15) is 5.69 Å². The first kappa shape index (κ1) is 16.1. The van der Waals surface area contributed by atoms with Gasteiger partial charge >= 0.3 is 0 Å². The second-order valence-corrected chi connectivity index (χ2v) is 7.56. The largest absolute Gasteiger partial charge is 0.377 e. The third-order valence-corrected chi connectivity index (χ3v) is 5.74. The van der Waals surface area contributed by atoms with Crippen LogP contribution in [0.3, 0.4) is 0 Å². The first-order valence-electron chi connectivity index (χ1n) is 8.53. The van der Waals surface area contributed by atoms with Crippen LogP contribution in [-0.4, -0.2) is 28.3 Å². The van der Waals surface area contributed by atoms with Crippen molar-refractivity contribution in [2.24, 2.45) is 0 Å². The zero-order valence-electron chi connectivity index (χ0n) is 13.7. The molecule has 1 aromatic carbocycles. The van der Waals surface area contributed by atoms with Crippen molar-refractivity contribution in [1.82, 2.24) is 4.90 Å². The Morgan fingerprint density at radius 2 is 2.12 bits per heavy atom. The molecule has 1 aliphatic carbocycles. The van der Waals surface area contributed by atoms with Gasteiger partial charge in [-0.05, 0) is 49.3 Å². The van der Waals surface area contributed by atoms with Gasteiger partial charge in [0, 0.05) is 29.1 Å². The molecule has 1 saturated carbocycles. The molecular weight excluding hydrogens is 338 g/mol. The van der Waals surface area contributed by atoms with E-state index in [1.807, 2.05) is 22.4 Å². The van der Waals surface area contributed by atoms with E-state index >= 15 is 0 Å². The monoisotopic (exact) mass is 357 g/mol. The molecule has 4 rings (SSSR count). The van der Waals surface area contributed by atoms with E-state index in [2.05, 4.69) is 5.32 Å². The molecule has 2 aliphatic rings. The van der Waals surface area contributed by atoms with E-state index in [1.165, 1.54) is 10.9 Å². The molecule has 1 aliphatic heterocycles. The number of amides is 1. The standard InChI is InChI=1S/C18H19N3O3S/c22-18(20-9-1-3-15(20)17-4-2-10-25-17)12-5-8-14(19-13-6-7-13)16(11-12)21(23)24/h2,4-5,8,10-11,13,15,19H,1,3,6-7,9H2. The molecule has 130 valence electrons. The van der Waals surface area contributed by atoms with Crippen LogP contribution in [0.4, 0.5) is 11.4 Å². The van der Waals surface area contributed by atoms with Gasteiger partial charge in [-0.25, -0.2) is 0 Å². The van der Waals surface area contributed by atoms with Crippen LogP contribution in [-0.2, 0) is 0 Å². The van der Waals surface area contributed by atoms with Crippen molar-refractivity contribution in [1.29, 1.82) is 0 Å². The average molecular weight is 357 g/mol. The summed E-state index contributed by atoms with van der Waals surface area (Å²) in [5, 5.41) is 16.6. The van der Waals surface area contributed by atoms with Crippen LogP contribution in [0, 0.1) is 10.1 Å². The second-order valence-electron chi connectivity index (χ2n) is 6.58. The summed E-state index contributed by atoms with van der Waals surface area (Å²) in [6.45, 7) is 0.692. The van der Waals surface area contributed by atoms with Crippen LogP contribution in [0.1, 0.15) is 47.0 Å². The second kappa shape index (κ2) is 6.48. The number of thiophene rings is 1. The third kappa shape index (κ3) is 3.24. The van der Waals surface area contributed by atoms with Gasteiger partial charge in [0.15, 0.2) is 0 Å². The number of hydrogen-bond acceptors (Lipinski definition) is 5. The van der Waals surface area contributed by atoms with E-state index in [-0.39, 0.29) is 17.6 Å². The van der Waals surface area contributed by atoms with Crippen molar-refractivity contribution in [3.05, 3.63) is 56.3 Å². The molecular formula is C18H19N3O3S. The zero-order chi connectivity index (χ0) is 17.4. The van der Waals surface area contributed by atoms with Crippen molar-refractivity contribution in [3.8, 4) is 0 Å². The Balaban J connectivity index is 1.61. The number of nitro benzene ring substituents is 1. The molecule has 1 N–H and O–H groups in total. The number of likely N-dealkylation sites (tertiary alicyclic amines) is 1. The summed E-state index contributed by atoms with van der Waals surface area (Å²) in [5.41, 5.74) is 0.862. The number of nitro groups is 1. The SMILES string of the molecule is O=C(c1ccc(NC2CC2)c([N+](=O)[O-])c1)N1CCCC1c1cccs1. The normalized spacial score (nSPS) is 19.8. The molecule has 1 aromatic heterocycles. The summed E-state index contributed by atoms with van der Waals surface area (Å²) in [5.74, 6) is -0.128. The van der Waals surface area contributed by atoms with E-state index in [1.54, 1.807) is 23.5 Å². The molecule has 1 saturated heterocycles. The minimum Gasteiger partial charge on any atom is -0.377 e. The summed E-state index contributed by atoms with van der Waals surface area (Å²) in [7, 11) is 0. The number of rotatable bonds is 5. The number of benzene rings is 1. The van der Waals surface area contributed by atoms with E-state index < -0.39 is 4.92 Å². The Morgan fingerprint density at radius 3 is 2.80 bits per heavy atom. The Labute approximate surface area is 149 Å². The minimum absolute atomic E-state index is 0.0235. The Kier molecular flexibility index (Phi) is 4.17. The Morgan fingerprint density at radius 1 is 1.28 bits per heavy atom. The lowest BCUT2D eigenvalue weighted by Crippen LogP contribution is -2.30. The molecule has 1 atom stereocenters. The van der Waals surface area contributed by atoms with Crippen LogP contribution < -0.4 is 5.32 Å². The number of anilines is 1. The molecule has 7 heteroatoms. The van der Waals surface area contributed by atoms with Crippen LogP contribution in [0.15, 0.2) is 35.7 Å². The Hall–Kier alpha value is -2.41. The van der Waals surface area contributed by atoms with E-state index in [9.17, 15) is 14.9 Å². The molecule has 25 heavy (non-hydrogen) atoms. The van der Waals surface area contributed by atoms with E-state index in [4.69, 9.17) is 0 Å². The van der Waals surface area contributed by atoms with Crippen LogP contribution in [0.5, 0.6) is 0 Å². The van der Waals surface area contributed by atoms with Gasteiger partial charge in [0.25, 0.3) is 11.6 Å². The van der Waals surface area contributed by atoms with Crippen LogP contribution in [0.25, 0.3) is 0 Å². The molecule has 0 spiro atoms. The fourth-order valence-corrected chi connectivity index (χ4v) is 4.21. The van der Waals surface area contributed by atoms with Gasteiger partial charge in [-0.15, -0.1) is 11.3 Å². The fourth-order valence-electron chi connectivity index (χ4n) is 3.34. The van der Waals surface area contributed by atoms with E-state index in [0.717, 1.165) is 25.7 Å². The predicted octanol–water partition coefficient (Wildman–Crippen LogP) is 4.21. The Bertz CT molecular complexity index is 802. The highest BCUT2D eigenvalue weighted by Crippen LogP contribution is 2.37. The smallest absolute Gasteiger partial charge is 0.293 e. The highest BCUT2D eigenvalue weighted by atomic mass is 32.1. The molecule has 2 aromatic rings. The first-order chi connectivity index (χ1) is 12.1. The van der Waals surface area contributed by atoms with Gasteiger partial charge in [-0.3, -0.25) is 14.9 Å². The highest BCUT2D eigenvalue weighted by Gasteiger charge is 2.32. The molecule has 6 nitrogen and oxygen atoms in total. The maximum atomic E-state index is 13.0. The molecule has 1 unspecified atom stereocenters. The minimum atomic E-state index is -0.414. The van der Waals surface area contributed by atoms with Crippen molar-refractivity contribution in [2.45, 2.75) is 37.8 Å². The summed E-state index contributed by atoms with van der Waals surface area (Å²) in [6.07, 6.45) is 3.97. The van der Waals surface area contributed by atoms with Gasteiger partial charge in [-0.1, -0.05) is 6.07 Å². The zero-order valence-corrected chi connectivity index (χ0v) is 14.5. The topological polar surface area (TPSA) is 75.5 Å². The summed E-state index contributed by atoms with van der Waals surface area (Å²) in [6, 6.07) is 9.22. The first-order valence-corrected chi connectivity index (χ1v) is 9.41. The van der Waals surface area contributed by atoms with Gasteiger partial charge in [0.05, 0.1) is 11.0 Å². The number of nitrogens with one attached hydrogen (secondary N) is 1. The van der Waals surface area contributed by atoms with Crippen LogP contribution in [0.2, 0.25) is 0 Å². The molecule has 2 heterocycles. The van der Waals surface area contributed by atoms with Crippen molar-refractivity contribution in [3.63, 3.8) is 0 Å². The third-order valence-electron chi connectivity index (χ3n) is 4.76. The predicted molar refractivity (Wildman–Crippen MR) is 97.1 cm³/mol. The van der Waals surface area contributed by atoms with Crippen molar-refractivity contribution in [2.75, 3.05) is 11.9 Å². The number of carbonyl (C=O) groups excluding carboxylic acids is 1. The lowest BCUT2D eigenvalue weighted by Gasteiger charge is -2.24. The summed E-state index contributed by atoms with van der Waals surface area (Å²) >= 11 is 1.65. The quantitative estimate of drug-likeness (QED) is 0.642. The number of carbonyl (C=O) groups is 1. The maximum Gasteiger partial charge on any atom is 0.293 e. The fraction of sp³-hybridized carbons (Fsp3) is 0.389. The van der Waals surface area contributed by atoms with Crippen LogP contribution >= 0.6 is 11.3 Å². The maximum absolute atomic E-state index is 13.0. The van der Waals surface area contributed by atoms with Crippen molar-refractivity contribution < 1.29 is 9.72 Å². The lowest BCUT2D eigenvalue weighted by atomic mass is 10.1. The summed E-state index contributed by atoms with van der Waals surface area (Å²) < 4.78 is 0. The molecule has 2 fully saturated rings. The van der Waals surface area contributed by atoms with Gasteiger partial charge < -0.3 is 10.2 Å². The van der Waals surface area contributed by atoms with Crippen molar-refractivity contribution >= 4 is 28.6 Å². The molecule has 0 bridgehead atoms. The number of hydrogen-bond donors (Lipinski definition) is 1. The number of nitrogens with zero attached hydrogens (tertiary/aromatic N) is 2. The summed E-state index contributed by atoms with van der Waals surface area (Å²) in [4.78, 5) is 27.0. The molecule has 0 radical (unpaired) electrons. The van der Waals surface area contributed by atoms with Gasteiger partial charge in [-0.2, -0.15) is 0 Å². The lowest BCUT2D eigenvalue weighted by molar-refractivity contribution is -0.384. The highest BCUT2D eigenvalue weighted by molar-refractivity contribution is 7.10.